The van der Waals surface area contributed by atoms with Gasteiger partial charge in [-0.05, 0) is 40.8 Å². The SMILES string of the molecule is NS(=O)(=O)c1cccc(-c2ccc(CNC3C[C@@]34CCOC4)cc2)c1-c1nn[nH]n1. The minimum atomic E-state index is -3.96. The summed E-state index contributed by atoms with van der Waals surface area (Å²) in [5, 5.41) is 22.9. The second-order valence-corrected chi connectivity index (χ2v) is 9.49. The Bertz CT molecular complexity index is 1160. The molecule has 2 heterocycles. The van der Waals surface area contributed by atoms with Crippen LogP contribution in [0.2, 0.25) is 0 Å². The van der Waals surface area contributed by atoms with Gasteiger partial charge >= 0.3 is 0 Å². The van der Waals surface area contributed by atoms with Crippen LogP contribution in [0, 0.1) is 5.41 Å². The average molecular weight is 427 g/mol. The number of tetrazole rings is 1. The molecule has 0 bridgehead atoms. The van der Waals surface area contributed by atoms with Crippen LogP contribution in [0.15, 0.2) is 47.4 Å². The number of hydrogen-bond acceptors (Lipinski definition) is 7. The van der Waals surface area contributed by atoms with Gasteiger partial charge in [0.25, 0.3) is 0 Å². The van der Waals surface area contributed by atoms with Gasteiger partial charge in [-0.25, -0.2) is 13.6 Å². The van der Waals surface area contributed by atoms with E-state index in [-0.39, 0.29) is 10.7 Å². The highest BCUT2D eigenvalue weighted by molar-refractivity contribution is 7.89. The first kappa shape index (κ1) is 19.3. The van der Waals surface area contributed by atoms with Gasteiger partial charge in [-0.2, -0.15) is 5.21 Å². The topological polar surface area (TPSA) is 136 Å². The maximum atomic E-state index is 12.1. The van der Waals surface area contributed by atoms with E-state index in [2.05, 4.69) is 25.9 Å². The molecule has 1 aliphatic carbocycles. The number of rotatable bonds is 6. The van der Waals surface area contributed by atoms with Crippen molar-refractivity contribution in [2.24, 2.45) is 10.6 Å². The van der Waals surface area contributed by atoms with Crippen LogP contribution in [0.5, 0.6) is 0 Å². The van der Waals surface area contributed by atoms with E-state index in [1.54, 1.807) is 6.07 Å². The standard InChI is InChI=1S/C20H22N6O3S/c21-30(27,28)16-3-1-2-15(18(16)19-23-25-26-24-19)14-6-4-13(5-7-14)11-22-17-10-20(17)8-9-29-12-20/h1-7,17,22H,8-12H2,(H2,21,27,28)(H,23,24,25,26)/t17?,20-/m1/s1. The summed E-state index contributed by atoms with van der Waals surface area (Å²) in [7, 11) is -3.96. The highest BCUT2D eigenvalue weighted by Gasteiger charge is 2.55. The van der Waals surface area contributed by atoms with Crippen LogP contribution in [0.4, 0.5) is 0 Å². The van der Waals surface area contributed by atoms with E-state index in [0.29, 0.717) is 22.6 Å². The number of H-pyrrole nitrogens is 1. The molecule has 5 rings (SSSR count). The Morgan fingerprint density at radius 2 is 2.07 bits per heavy atom. The second-order valence-electron chi connectivity index (χ2n) is 7.96. The van der Waals surface area contributed by atoms with E-state index in [9.17, 15) is 8.42 Å². The van der Waals surface area contributed by atoms with Crippen LogP contribution >= 0.6 is 0 Å². The molecule has 1 unspecified atom stereocenters. The second kappa shape index (κ2) is 7.24. The quantitative estimate of drug-likeness (QED) is 0.543. The molecular formula is C20H22N6O3S. The third-order valence-corrected chi connectivity index (χ3v) is 7.00. The molecule has 2 atom stereocenters. The number of aromatic amines is 1. The van der Waals surface area contributed by atoms with Crippen molar-refractivity contribution in [3.8, 4) is 22.5 Å². The van der Waals surface area contributed by atoms with Gasteiger partial charge in [0.15, 0.2) is 0 Å². The van der Waals surface area contributed by atoms with Crippen molar-refractivity contribution in [3.05, 3.63) is 48.0 Å². The number of ether oxygens (including phenoxy) is 1. The van der Waals surface area contributed by atoms with Crippen LogP contribution in [0.1, 0.15) is 18.4 Å². The molecule has 1 saturated carbocycles. The van der Waals surface area contributed by atoms with E-state index >= 15 is 0 Å². The Morgan fingerprint density at radius 1 is 1.23 bits per heavy atom. The molecule has 1 aromatic heterocycles. The lowest BCUT2D eigenvalue weighted by atomic mass is 9.98. The van der Waals surface area contributed by atoms with Crippen molar-refractivity contribution in [2.45, 2.75) is 30.3 Å². The summed E-state index contributed by atoms with van der Waals surface area (Å²) >= 11 is 0. The number of aromatic nitrogens is 4. The summed E-state index contributed by atoms with van der Waals surface area (Å²) in [5.41, 5.74) is 3.36. The Kier molecular flexibility index (Phi) is 4.66. The molecule has 4 N–H and O–H groups in total. The number of sulfonamides is 1. The molecule has 30 heavy (non-hydrogen) atoms. The molecule has 1 spiro atoms. The third kappa shape index (κ3) is 3.52. The predicted molar refractivity (Wildman–Crippen MR) is 110 cm³/mol. The Morgan fingerprint density at radius 3 is 2.73 bits per heavy atom. The van der Waals surface area contributed by atoms with Crippen molar-refractivity contribution >= 4 is 10.0 Å². The van der Waals surface area contributed by atoms with Gasteiger partial charge in [0.05, 0.1) is 17.1 Å². The lowest BCUT2D eigenvalue weighted by molar-refractivity contribution is 0.180. The van der Waals surface area contributed by atoms with Crippen molar-refractivity contribution < 1.29 is 13.2 Å². The smallest absolute Gasteiger partial charge is 0.238 e. The van der Waals surface area contributed by atoms with Gasteiger partial charge in [-0.1, -0.05) is 36.4 Å². The molecule has 3 aromatic rings. The highest BCUT2D eigenvalue weighted by atomic mass is 32.2. The van der Waals surface area contributed by atoms with Crippen molar-refractivity contribution in [1.82, 2.24) is 25.9 Å². The molecule has 156 valence electrons. The predicted octanol–water partition coefficient (Wildman–Crippen LogP) is 1.45. The molecule has 1 aliphatic heterocycles. The summed E-state index contributed by atoms with van der Waals surface area (Å²) < 4.78 is 29.8. The number of nitrogens with one attached hydrogen (secondary N) is 2. The van der Waals surface area contributed by atoms with Gasteiger partial charge < -0.3 is 10.1 Å². The van der Waals surface area contributed by atoms with E-state index in [4.69, 9.17) is 9.88 Å². The number of nitrogens with zero attached hydrogens (tertiary/aromatic N) is 3. The average Bonchev–Trinajstić information content (AvgIpc) is 3.10. The lowest BCUT2D eigenvalue weighted by Gasteiger charge is -2.12. The van der Waals surface area contributed by atoms with Gasteiger partial charge in [-0.3, -0.25) is 0 Å². The zero-order valence-electron chi connectivity index (χ0n) is 16.2. The number of primary sulfonamides is 1. The summed E-state index contributed by atoms with van der Waals surface area (Å²) in [4.78, 5) is -0.0371. The van der Waals surface area contributed by atoms with Gasteiger partial charge in [0, 0.05) is 24.6 Å². The summed E-state index contributed by atoms with van der Waals surface area (Å²) in [5.74, 6) is 0.179. The van der Waals surface area contributed by atoms with E-state index in [0.717, 1.165) is 37.3 Å². The molecule has 0 radical (unpaired) electrons. The Labute approximate surface area is 174 Å². The monoisotopic (exact) mass is 426 g/mol. The maximum absolute atomic E-state index is 12.1. The molecule has 9 nitrogen and oxygen atoms in total. The molecule has 1 saturated heterocycles. The van der Waals surface area contributed by atoms with Gasteiger partial charge in [-0.15, -0.1) is 10.2 Å². The first-order chi connectivity index (χ1) is 14.5. The number of benzene rings is 2. The Balaban J connectivity index is 1.41. The third-order valence-electron chi connectivity index (χ3n) is 6.04. The first-order valence-corrected chi connectivity index (χ1v) is 11.3. The fraction of sp³-hybridized carbons (Fsp3) is 0.350. The van der Waals surface area contributed by atoms with Crippen molar-refractivity contribution in [1.29, 1.82) is 0 Å². The molecular weight excluding hydrogens is 404 g/mol. The first-order valence-electron chi connectivity index (χ1n) is 9.76. The minimum Gasteiger partial charge on any atom is -0.381 e. The van der Waals surface area contributed by atoms with Crippen molar-refractivity contribution in [2.75, 3.05) is 13.2 Å². The van der Waals surface area contributed by atoms with Crippen LogP contribution in [0.25, 0.3) is 22.5 Å². The van der Waals surface area contributed by atoms with Crippen LogP contribution in [-0.2, 0) is 21.3 Å². The van der Waals surface area contributed by atoms with E-state index < -0.39 is 10.0 Å². The molecule has 0 amide bonds. The zero-order chi connectivity index (χ0) is 20.8. The van der Waals surface area contributed by atoms with Crippen LogP contribution in [-0.4, -0.2) is 48.3 Å². The lowest BCUT2D eigenvalue weighted by Crippen LogP contribution is -2.22. The van der Waals surface area contributed by atoms with Crippen molar-refractivity contribution in [3.63, 3.8) is 0 Å². The molecule has 2 fully saturated rings. The summed E-state index contributed by atoms with van der Waals surface area (Å²) in [6.07, 6.45) is 2.32. The minimum absolute atomic E-state index is 0.0371. The maximum Gasteiger partial charge on any atom is 0.238 e. The fourth-order valence-corrected chi connectivity index (χ4v) is 5.00. The number of nitrogens with two attached hydrogens (primary N) is 1. The van der Waals surface area contributed by atoms with E-state index in [1.165, 1.54) is 12.5 Å². The number of hydrogen-bond donors (Lipinski definition) is 3. The Hall–Kier alpha value is -2.66. The normalized spacial score (nSPS) is 23.2. The van der Waals surface area contributed by atoms with Gasteiger partial charge in [0.2, 0.25) is 15.8 Å². The summed E-state index contributed by atoms with van der Waals surface area (Å²) in [6.45, 7) is 2.51. The van der Waals surface area contributed by atoms with Crippen LogP contribution in [0.3, 0.4) is 0 Å². The highest BCUT2D eigenvalue weighted by Crippen LogP contribution is 2.52. The molecule has 2 aromatic carbocycles. The van der Waals surface area contributed by atoms with E-state index in [1.807, 2.05) is 30.3 Å². The molecule has 2 aliphatic rings. The molecule has 10 heteroatoms. The largest absolute Gasteiger partial charge is 0.381 e. The zero-order valence-corrected chi connectivity index (χ0v) is 17.0. The van der Waals surface area contributed by atoms with Crippen LogP contribution < -0.4 is 10.5 Å². The van der Waals surface area contributed by atoms with Gasteiger partial charge in [0.1, 0.15) is 0 Å². The fourth-order valence-electron chi connectivity index (χ4n) is 4.25. The summed E-state index contributed by atoms with van der Waals surface area (Å²) in [6, 6.07) is 13.4.